The maximum Gasteiger partial charge on any atom is 0.122 e. The second kappa shape index (κ2) is 9.17. The molecule has 2 aromatic carbocycles. The Morgan fingerprint density at radius 3 is 2.64 bits per heavy atom. The largest absolute Gasteiger partial charge is 0.493 e. The molecule has 0 N–H and O–H groups in total. The smallest absolute Gasteiger partial charge is 0.122 e. The standard InChI is InChI=1S/C19H21NOS/c1-16-8-2-5-11-19(16)21-12-6-7-13-22-15-18-10-4-3-9-17(18)14-20/h2-5,8-11H,6-7,12-13,15H2,1H3. The van der Waals surface area contributed by atoms with Gasteiger partial charge in [-0.2, -0.15) is 17.0 Å². The fourth-order valence-corrected chi connectivity index (χ4v) is 3.17. The number of rotatable bonds is 8. The van der Waals surface area contributed by atoms with Crippen molar-refractivity contribution in [2.24, 2.45) is 0 Å². The molecule has 0 atom stereocenters. The van der Waals surface area contributed by atoms with E-state index in [0.29, 0.717) is 0 Å². The third kappa shape index (κ3) is 5.13. The number of thioether (sulfide) groups is 1. The minimum atomic E-state index is 0.764. The van der Waals surface area contributed by atoms with Crippen molar-refractivity contribution in [2.75, 3.05) is 12.4 Å². The van der Waals surface area contributed by atoms with Crippen molar-refractivity contribution in [1.82, 2.24) is 0 Å². The number of nitriles is 1. The second-order valence-electron chi connectivity index (χ2n) is 5.14. The summed E-state index contributed by atoms with van der Waals surface area (Å²) in [5.74, 6) is 2.98. The number of hydrogen-bond donors (Lipinski definition) is 0. The lowest BCUT2D eigenvalue weighted by Crippen LogP contribution is -1.99. The molecule has 114 valence electrons. The molecule has 2 rings (SSSR count). The van der Waals surface area contributed by atoms with Gasteiger partial charge in [0.15, 0.2) is 0 Å². The highest BCUT2D eigenvalue weighted by molar-refractivity contribution is 7.98. The van der Waals surface area contributed by atoms with Gasteiger partial charge >= 0.3 is 0 Å². The van der Waals surface area contributed by atoms with E-state index in [-0.39, 0.29) is 0 Å². The van der Waals surface area contributed by atoms with Crippen LogP contribution in [0.4, 0.5) is 0 Å². The number of nitrogens with zero attached hydrogens (tertiary/aromatic N) is 1. The summed E-state index contributed by atoms with van der Waals surface area (Å²) in [5.41, 5.74) is 3.11. The average molecular weight is 311 g/mol. The normalized spacial score (nSPS) is 10.2. The van der Waals surface area contributed by atoms with E-state index >= 15 is 0 Å². The van der Waals surface area contributed by atoms with Crippen molar-refractivity contribution in [2.45, 2.75) is 25.5 Å². The van der Waals surface area contributed by atoms with E-state index in [0.717, 1.165) is 47.8 Å². The van der Waals surface area contributed by atoms with Gasteiger partial charge in [-0.25, -0.2) is 0 Å². The van der Waals surface area contributed by atoms with Crippen molar-refractivity contribution in [3.8, 4) is 11.8 Å². The number of hydrogen-bond acceptors (Lipinski definition) is 3. The van der Waals surface area contributed by atoms with E-state index < -0.39 is 0 Å². The van der Waals surface area contributed by atoms with Crippen LogP contribution in [0.3, 0.4) is 0 Å². The molecule has 2 aromatic rings. The molecule has 0 aromatic heterocycles. The summed E-state index contributed by atoms with van der Waals surface area (Å²) in [6, 6.07) is 18.2. The topological polar surface area (TPSA) is 33.0 Å². The average Bonchev–Trinajstić information content (AvgIpc) is 2.56. The summed E-state index contributed by atoms with van der Waals surface area (Å²) in [6.07, 6.45) is 2.19. The van der Waals surface area contributed by atoms with Crippen LogP contribution in [0.1, 0.15) is 29.5 Å². The summed E-state index contributed by atoms with van der Waals surface area (Å²) in [4.78, 5) is 0. The van der Waals surface area contributed by atoms with E-state index in [4.69, 9.17) is 10.00 Å². The van der Waals surface area contributed by atoms with Gasteiger partial charge in [0.1, 0.15) is 5.75 Å². The van der Waals surface area contributed by atoms with Crippen LogP contribution in [-0.2, 0) is 5.75 Å². The van der Waals surface area contributed by atoms with E-state index in [1.165, 1.54) is 5.56 Å². The first-order chi connectivity index (χ1) is 10.8. The predicted octanol–water partition coefficient (Wildman–Crippen LogP) is 4.96. The lowest BCUT2D eigenvalue weighted by Gasteiger charge is -2.08. The molecule has 22 heavy (non-hydrogen) atoms. The zero-order chi connectivity index (χ0) is 15.6. The highest BCUT2D eigenvalue weighted by Gasteiger charge is 2.01. The first kappa shape index (κ1) is 16.5. The Kier molecular flexibility index (Phi) is 6.86. The van der Waals surface area contributed by atoms with Gasteiger partial charge in [-0.05, 0) is 48.8 Å². The molecule has 0 bridgehead atoms. The fraction of sp³-hybridized carbons (Fsp3) is 0.316. The first-order valence-corrected chi connectivity index (χ1v) is 8.71. The number of benzene rings is 2. The van der Waals surface area contributed by atoms with E-state index in [1.54, 1.807) is 0 Å². The monoisotopic (exact) mass is 311 g/mol. The van der Waals surface area contributed by atoms with Crippen LogP contribution in [-0.4, -0.2) is 12.4 Å². The summed E-state index contributed by atoms with van der Waals surface area (Å²) in [7, 11) is 0. The maximum absolute atomic E-state index is 9.05. The summed E-state index contributed by atoms with van der Waals surface area (Å²) >= 11 is 1.88. The van der Waals surface area contributed by atoms with Crippen LogP contribution < -0.4 is 4.74 Å². The molecule has 0 aliphatic carbocycles. The number of ether oxygens (including phenoxy) is 1. The van der Waals surface area contributed by atoms with E-state index in [1.807, 2.05) is 54.2 Å². The highest BCUT2D eigenvalue weighted by Crippen LogP contribution is 2.18. The minimum Gasteiger partial charge on any atom is -0.493 e. The van der Waals surface area contributed by atoms with Gasteiger partial charge in [-0.3, -0.25) is 0 Å². The zero-order valence-corrected chi connectivity index (χ0v) is 13.7. The Morgan fingerprint density at radius 2 is 1.82 bits per heavy atom. The Morgan fingerprint density at radius 1 is 1.05 bits per heavy atom. The summed E-state index contributed by atoms with van der Waals surface area (Å²) in [5, 5.41) is 9.05. The molecule has 0 amide bonds. The molecule has 0 spiro atoms. The maximum atomic E-state index is 9.05. The molecule has 2 nitrogen and oxygen atoms in total. The Hall–Kier alpha value is -1.92. The van der Waals surface area contributed by atoms with Crippen molar-refractivity contribution in [3.05, 3.63) is 65.2 Å². The molecule has 0 radical (unpaired) electrons. The molecule has 0 saturated heterocycles. The van der Waals surface area contributed by atoms with Crippen LogP contribution in [0.2, 0.25) is 0 Å². The van der Waals surface area contributed by atoms with E-state index in [9.17, 15) is 0 Å². The molecule has 0 aliphatic heterocycles. The van der Waals surface area contributed by atoms with Crippen LogP contribution in [0.25, 0.3) is 0 Å². The SMILES string of the molecule is Cc1ccccc1OCCCCSCc1ccccc1C#N. The van der Waals surface area contributed by atoms with Gasteiger partial charge in [-0.1, -0.05) is 36.4 Å². The molecule has 3 heteroatoms. The molecule has 0 saturated carbocycles. The van der Waals surface area contributed by atoms with Crippen LogP contribution in [0.15, 0.2) is 48.5 Å². The third-order valence-corrected chi connectivity index (χ3v) is 4.52. The number of aryl methyl sites for hydroxylation is 1. The predicted molar refractivity (Wildman–Crippen MR) is 93.2 cm³/mol. The zero-order valence-electron chi connectivity index (χ0n) is 12.9. The van der Waals surface area contributed by atoms with Gasteiger partial charge in [-0.15, -0.1) is 0 Å². The van der Waals surface area contributed by atoms with Crippen molar-refractivity contribution in [1.29, 1.82) is 5.26 Å². The minimum absolute atomic E-state index is 0.764. The van der Waals surface area contributed by atoms with Crippen LogP contribution in [0, 0.1) is 18.3 Å². The van der Waals surface area contributed by atoms with Crippen LogP contribution in [0.5, 0.6) is 5.75 Å². The lowest BCUT2D eigenvalue weighted by molar-refractivity contribution is 0.308. The number of unbranched alkanes of at least 4 members (excludes halogenated alkanes) is 1. The van der Waals surface area contributed by atoms with Crippen molar-refractivity contribution >= 4 is 11.8 Å². The third-order valence-electron chi connectivity index (χ3n) is 3.43. The first-order valence-electron chi connectivity index (χ1n) is 7.55. The van der Waals surface area contributed by atoms with Crippen molar-refractivity contribution < 1.29 is 4.74 Å². The van der Waals surface area contributed by atoms with Gasteiger partial charge in [0.2, 0.25) is 0 Å². The quantitative estimate of drug-likeness (QED) is 0.646. The van der Waals surface area contributed by atoms with Gasteiger partial charge in [0.25, 0.3) is 0 Å². The molecular formula is C19H21NOS. The summed E-state index contributed by atoms with van der Waals surface area (Å²) < 4.78 is 5.79. The van der Waals surface area contributed by atoms with Crippen LogP contribution >= 0.6 is 11.8 Å². The molecule has 0 heterocycles. The number of para-hydroxylation sites is 1. The van der Waals surface area contributed by atoms with Crippen molar-refractivity contribution in [3.63, 3.8) is 0 Å². The molecule has 0 aliphatic rings. The Balaban J connectivity index is 1.60. The van der Waals surface area contributed by atoms with Gasteiger partial charge < -0.3 is 4.74 Å². The molecular weight excluding hydrogens is 290 g/mol. The fourth-order valence-electron chi connectivity index (χ4n) is 2.14. The lowest BCUT2D eigenvalue weighted by atomic mass is 10.1. The van der Waals surface area contributed by atoms with Gasteiger partial charge in [0.05, 0.1) is 18.2 Å². The Bertz CT molecular complexity index is 633. The van der Waals surface area contributed by atoms with Gasteiger partial charge in [0, 0.05) is 5.75 Å². The molecule has 0 unspecified atom stereocenters. The second-order valence-corrected chi connectivity index (χ2v) is 6.25. The molecule has 0 fully saturated rings. The Labute approximate surface area is 137 Å². The summed E-state index contributed by atoms with van der Waals surface area (Å²) in [6.45, 7) is 2.83. The van der Waals surface area contributed by atoms with E-state index in [2.05, 4.69) is 19.1 Å². The highest BCUT2D eigenvalue weighted by atomic mass is 32.2.